The lowest BCUT2D eigenvalue weighted by atomic mass is 9.95. The molecule has 4 nitrogen and oxygen atoms in total. The zero-order valence-corrected chi connectivity index (χ0v) is 14.8. The van der Waals surface area contributed by atoms with Gasteiger partial charge in [0.2, 0.25) is 0 Å². The van der Waals surface area contributed by atoms with Crippen LogP contribution in [0.25, 0.3) is 0 Å². The van der Waals surface area contributed by atoms with Gasteiger partial charge in [-0.25, -0.2) is 4.39 Å². The Morgan fingerprint density at radius 3 is 2.76 bits per heavy atom. The van der Waals surface area contributed by atoms with Gasteiger partial charge in [-0.1, -0.05) is 12.1 Å². The van der Waals surface area contributed by atoms with Gasteiger partial charge in [0.1, 0.15) is 5.82 Å². The maximum absolute atomic E-state index is 13.1. The average molecular weight is 343 g/mol. The molecule has 2 aromatic rings. The number of halogens is 1. The van der Waals surface area contributed by atoms with E-state index in [1.54, 1.807) is 0 Å². The lowest BCUT2D eigenvalue weighted by Gasteiger charge is -2.32. The van der Waals surface area contributed by atoms with Crippen LogP contribution in [0, 0.1) is 11.7 Å². The summed E-state index contributed by atoms with van der Waals surface area (Å²) in [6.07, 6.45) is 4.92. The number of hydrogen-bond donors (Lipinski definition) is 0. The van der Waals surface area contributed by atoms with Crippen molar-refractivity contribution in [3.63, 3.8) is 0 Å². The molecule has 0 spiro atoms. The Morgan fingerprint density at radius 1 is 1.24 bits per heavy atom. The molecule has 2 aliphatic rings. The molecule has 1 saturated carbocycles. The topological polar surface area (TPSA) is 30.3 Å². The molecule has 1 aromatic heterocycles. The van der Waals surface area contributed by atoms with Gasteiger partial charge in [-0.15, -0.1) is 0 Å². The fraction of sp³-hybridized carbons (Fsp3) is 0.550. The highest BCUT2D eigenvalue weighted by atomic mass is 19.1. The van der Waals surface area contributed by atoms with Crippen LogP contribution in [0.5, 0.6) is 0 Å². The van der Waals surface area contributed by atoms with Crippen molar-refractivity contribution in [1.82, 2.24) is 14.7 Å². The summed E-state index contributed by atoms with van der Waals surface area (Å²) in [4.78, 5) is 2.40. The Hall–Kier alpha value is -1.72. The summed E-state index contributed by atoms with van der Waals surface area (Å²) in [5.74, 6) is 0.997. The van der Waals surface area contributed by atoms with Gasteiger partial charge >= 0.3 is 0 Å². The van der Waals surface area contributed by atoms with Gasteiger partial charge in [0.25, 0.3) is 0 Å². The minimum Gasteiger partial charge on any atom is -0.381 e. The summed E-state index contributed by atoms with van der Waals surface area (Å²) in [5.41, 5.74) is 3.67. The highest BCUT2D eigenvalue weighted by Crippen LogP contribution is 2.33. The van der Waals surface area contributed by atoms with Crippen LogP contribution >= 0.6 is 0 Å². The number of hydrogen-bond acceptors (Lipinski definition) is 3. The van der Waals surface area contributed by atoms with Gasteiger partial charge in [-0.05, 0) is 43.4 Å². The standard InChI is InChI=1S/C20H26FN3O/c1-2-25-14-17-11-23(9-15-5-7-18(21)8-6-15)13-20-19(17)12-24(22-20)10-16-3-4-16/h5-8,12,16-17H,2-4,9-11,13-14H2,1H3/t17-/m1/s1. The molecule has 0 amide bonds. The number of benzene rings is 1. The van der Waals surface area contributed by atoms with Gasteiger partial charge in [0.15, 0.2) is 0 Å². The van der Waals surface area contributed by atoms with Crippen molar-refractivity contribution in [3.8, 4) is 0 Å². The van der Waals surface area contributed by atoms with Crippen LogP contribution < -0.4 is 0 Å². The lowest BCUT2D eigenvalue weighted by Crippen LogP contribution is -2.34. The predicted octanol–water partition coefficient (Wildman–Crippen LogP) is 3.57. The van der Waals surface area contributed by atoms with Crippen molar-refractivity contribution >= 4 is 0 Å². The molecule has 1 fully saturated rings. The summed E-state index contributed by atoms with van der Waals surface area (Å²) in [6, 6.07) is 6.81. The van der Waals surface area contributed by atoms with Crippen molar-refractivity contribution < 1.29 is 9.13 Å². The Bertz CT molecular complexity index is 708. The highest BCUT2D eigenvalue weighted by molar-refractivity contribution is 5.26. The molecule has 0 saturated heterocycles. The van der Waals surface area contributed by atoms with Crippen molar-refractivity contribution in [2.75, 3.05) is 19.8 Å². The second-order valence-electron chi connectivity index (χ2n) is 7.35. The third-order valence-electron chi connectivity index (χ3n) is 5.15. The third kappa shape index (κ3) is 4.10. The van der Waals surface area contributed by atoms with Gasteiger partial charge < -0.3 is 4.74 Å². The fourth-order valence-electron chi connectivity index (χ4n) is 3.66. The van der Waals surface area contributed by atoms with Crippen LogP contribution in [-0.2, 0) is 24.4 Å². The molecule has 134 valence electrons. The smallest absolute Gasteiger partial charge is 0.123 e. The van der Waals surface area contributed by atoms with Crippen LogP contribution in [0.1, 0.15) is 42.5 Å². The van der Waals surface area contributed by atoms with Crippen LogP contribution in [0.2, 0.25) is 0 Å². The molecule has 1 aliphatic carbocycles. The molecule has 2 heterocycles. The van der Waals surface area contributed by atoms with Crippen LogP contribution in [-0.4, -0.2) is 34.4 Å². The first-order chi connectivity index (χ1) is 12.2. The Labute approximate surface area is 148 Å². The molecule has 0 bridgehead atoms. The van der Waals surface area contributed by atoms with Gasteiger partial charge in [0.05, 0.1) is 12.3 Å². The molecule has 1 aliphatic heterocycles. The largest absolute Gasteiger partial charge is 0.381 e. The first-order valence-electron chi connectivity index (χ1n) is 9.32. The number of aromatic nitrogens is 2. The van der Waals surface area contributed by atoms with E-state index in [-0.39, 0.29) is 5.82 Å². The van der Waals surface area contributed by atoms with E-state index in [1.807, 2.05) is 19.1 Å². The van der Waals surface area contributed by atoms with E-state index < -0.39 is 0 Å². The summed E-state index contributed by atoms with van der Waals surface area (Å²) >= 11 is 0. The third-order valence-corrected chi connectivity index (χ3v) is 5.15. The van der Waals surface area contributed by atoms with Crippen LogP contribution in [0.4, 0.5) is 4.39 Å². The molecule has 25 heavy (non-hydrogen) atoms. The van der Waals surface area contributed by atoms with Crippen molar-refractivity contribution in [3.05, 3.63) is 53.1 Å². The highest BCUT2D eigenvalue weighted by Gasteiger charge is 2.30. The molecular weight excluding hydrogens is 317 g/mol. The normalized spacial score (nSPS) is 20.6. The van der Waals surface area contributed by atoms with E-state index in [2.05, 4.69) is 15.8 Å². The second kappa shape index (κ2) is 7.26. The number of ether oxygens (including phenoxy) is 1. The number of fused-ring (bicyclic) bond motifs is 1. The average Bonchev–Trinajstić information content (AvgIpc) is 3.32. The first kappa shape index (κ1) is 16.7. The fourth-order valence-corrected chi connectivity index (χ4v) is 3.66. The SMILES string of the molecule is CCOC[C@H]1CN(Cc2ccc(F)cc2)Cc2nn(CC3CC3)cc21. The molecule has 0 unspecified atom stereocenters. The molecular formula is C20H26FN3O. The number of nitrogens with zero attached hydrogens (tertiary/aromatic N) is 3. The quantitative estimate of drug-likeness (QED) is 0.770. The molecule has 0 N–H and O–H groups in total. The Balaban J connectivity index is 1.50. The maximum atomic E-state index is 13.1. The van der Waals surface area contributed by atoms with E-state index in [9.17, 15) is 4.39 Å². The predicted molar refractivity (Wildman–Crippen MR) is 94.7 cm³/mol. The van der Waals surface area contributed by atoms with E-state index in [0.717, 1.165) is 50.9 Å². The Morgan fingerprint density at radius 2 is 2.04 bits per heavy atom. The van der Waals surface area contributed by atoms with Gasteiger partial charge in [0, 0.05) is 50.5 Å². The monoisotopic (exact) mass is 343 g/mol. The molecule has 5 heteroatoms. The first-order valence-corrected chi connectivity index (χ1v) is 9.32. The van der Waals surface area contributed by atoms with Crippen molar-refractivity contribution in [2.45, 2.75) is 45.3 Å². The summed E-state index contributed by atoms with van der Waals surface area (Å²) < 4.78 is 21.0. The van der Waals surface area contributed by atoms with E-state index in [4.69, 9.17) is 9.84 Å². The van der Waals surface area contributed by atoms with Crippen LogP contribution in [0.3, 0.4) is 0 Å². The molecule has 1 aromatic carbocycles. The van der Waals surface area contributed by atoms with Crippen molar-refractivity contribution in [2.24, 2.45) is 5.92 Å². The van der Waals surface area contributed by atoms with Crippen molar-refractivity contribution in [1.29, 1.82) is 0 Å². The van der Waals surface area contributed by atoms with E-state index in [0.29, 0.717) is 5.92 Å². The summed E-state index contributed by atoms with van der Waals surface area (Å²) in [6.45, 7) is 7.19. The second-order valence-corrected chi connectivity index (χ2v) is 7.35. The summed E-state index contributed by atoms with van der Waals surface area (Å²) in [7, 11) is 0. The molecule has 0 radical (unpaired) electrons. The van der Waals surface area contributed by atoms with Gasteiger partial charge in [-0.2, -0.15) is 5.10 Å². The zero-order valence-electron chi connectivity index (χ0n) is 14.8. The lowest BCUT2D eigenvalue weighted by molar-refractivity contribution is 0.105. The molecule has 4 rings (SSSR count). The van der Waals surface area contributed by atoms with Gasteiger partial charge in [-0.3, -0.25) is 9.58 Å². The van der Waals surface area contributed by atoms with Crippen LogP contribution in [0.15, 0.2) is 30.5 Å². The van der Waals surface area contributed by atoms with E-state index >= 15 is 0 Å². The zero-order chi connectivity index (χ0) is 17.2. The minimum atomic E-state index is -0.183. The van der Waals surface area contributed by atoms with E-state index in [1.165, 1.54) is 36.2 Å². The number of rotatable bonds is 7. The Kier molecular flexibility index (Phi) is 4.86. The minimum absolute atomic E-state index is 0.183. The molecule has 1 atom stereocenters. The maximum Gasteiger partial charge on any atom is 0.123 e. The summed E-state index contributed by atoms with van der Waals surface area (Å²) in [5, 5.41) is 4.85.